The Bertz CT molecular complexity index is 519. The molecular formula is C17H29F3N4O2. The molecule has 150 valence electrons. The highest BCUT2D eigenvalue weighted by atomic mass is 19.4. The van der Waals surface area contributed by atoms with Gasteiger partial charge in [-0.05, 0) is 26.2 Å². The van der Waals surface area contributed by atoms with Gasteiger partial charge in [-0.2, -0.15) is 13.2 Å². The topological polar surface area (TPSA) is 66.0 Å². The zero-order valence-electron chi connectivity index (χ0n) is 15.7. The van der Waals surface area contributed by atoms with Crippen molar-refractivity contribution in [3.8, 4) is 0 Å². The van der Waals surface area contributed by atoms with E-state index in [9.17, 15) is 18.0 Å². The molecule has 9 heteroatoms. The van der Waals surface area contributed by atoms with E-state index in [1.165, 1.54) is 12.8 Å². The fraction of sp³-hybridized carbons (Fsp3) is 0.882. The highest BCUT2D eigenvalue weighted by Gasteiger charge is 2.56. The molecule has 0 bridgehead atoms. The van der Waals surface area contributed by atoms with Crippen LogP contribution in [0.3, 0.4) is 0 Å². The number of likely N-dealkylation sites (N-methyl/N-ethyl adjacent to an activating group) is 1. The molecule has 1 amide bonds. The van der Waals surface area contributed by atoms with E-state index in [0.717, 1.165) is 26.3 Å². The van der Waals surface area contributed by atoms with E-state index in [2.05, 4.69) is 15.6 Å². The van der Waals surface area contributed by atoms with Crippen LogP contribution < -0.4 is 10.6 Å². The van der Waals surface area contributed by atoms with E-state index in [-0.39, 0.29) is 24.1 Å². The summed E-state index contributed by atoms with van der Waals surface area (Å²) in [5.41, 5.74) is 0.102. The molecule has 26 heavy (non-hydrogen) atoms. The second kappa shape index (κ2) is 8.45. The van der Waals surface area contributed by atoms with Gasteiger partial charge in [-0.1, -0.05) is 12.8 Å². The summed E-state index contributed by atoms with van der Waals surface area (Å²) in [5.74, 6) is -0.202. The van der Waals surface area contributed by atoms with Gasteiger partial charge in [0, 0.05) is 32.2 Å². The number of guanidine groups is 1. The number of carbonyl (C=O) groups excluding carboxylic acids is 1. The fourth-order valence-corrected chi connectivity index (χ4v) is 4.10. The molecule has 2 fully saturated rings. The maximum atomic E-state index is 12.4. The number of ether oxygens (including phenoxy) is 1. The molecule has 2 aliphatic carbocycles. The monoisotopic (exact) mass is 378 g/mol. The predicted molar refractivity (Wildman–Crippen MR) is 92.9 cm³/mol. The molecule has 6 nitrogen and oxygen atoms in total. The maximum absolute atomic E-state index is 12.4. The van der Waals surface area contributed by atoms with Gasteiger partial charge in [0.2, 0.25) is 5.91 Å². The first-order valence-electron chi connectivity index (χ1n) is 9.11. The third-order valence-corrected chi connectivity index (χ3v) is 5.47. The van der Waals surface area contributed by atoms with E-state index in [1.807, 2.05) is 6.92 Å². The van der Waals surface area contributed by atoms with Crippen molar-refractivity contribution in [1.82, 2.24) is 15.5 Å². The van der Waals surface area contributed by atoms with Gasteiger partial charge in [0.05, 0.1) is 12.6 Å². The summed E-state index contributed by atoms with van der Waals surface area (Å²) in [7, 11) is 2.72. The van der Waals surface area contributed by atoms with Crippen LogP contribution in [-0.4, -0.2) is 68.9 Å². The van der Waals surface area contributed by atoms with Crippen LogP contribution in [0.2, 0.25) is 0 Å². The molecule has 0 radical (unpaired) electrons. The summed E-state index contributed by atoms with van der Waals surface area (Å²) >= 11 is 0. The Morgan fingerprint density at radius 2 is 2.00 bits per heavy atom. The minimum Gasteiger partial charge on any atom is -0.378 e. The van der Waals surface area contributed by atoms with E-state index >= 15 is 0 Å². The van der Waals surface area contributed by atoms with Gasteiger partial charge in [0.25, 0.3) is 0 Å². The van der Waals surface area contributed by atoms with Crippen LogP contribution >= 0.6 is 0 Å². The molecule has 2 rings (SSSR count). The van der Waals surface area contributed by atoms with Gasteiger partial charge >= 0.3 is 6.18 Å². The van der Waals surface area contributed by atoms with Gasteiger partial charge in [0.1, 0.15) is 6.54 Å². The van der Waals surface area contributed by atoms with Crippen LogP contribution in [0.25, 0.3) is 0 Å². The lowest BCUT2D eigenvalue weighted by atomic mass is 9.60. The summed E-state index contributed by atoms with van der Waals surface area (Å²) in [5, 5.41) is 6.16. The Balaban J connectivity index is 1.85. The summed E-state index contributed by atoms with van der Waals surface area (Å²) < 4.78 is 43.0. The van der Waals surface area contributed by atoms with E-state index in [4.69, 9.17) is 4.74 Å². The van der Waals surface area contributed by atoms with Crippen molar-refractivity contribution in [2.75, 3.05) is 33.8 Å². The lowest BCUT2D eigenvalue weighted by Crippen LogP contribution is -2.65. The van der Waals surface area contributed by atoms with Crippen LogP contribution in [-0.2, 0) is 9.53 Å². The van der Waals surface area contributed by atoms with Crippen molar-refractivity contribution in [2.24, 2.45) is 10.4 Å². The zero-order chi connectivity index (χ0) is 19.4. The molecular weight excluding hydrogens is 349 g/mol. The average molecular weight is 378 g/mol. The van der Waals surface area contributed by atoms with E-state index < -0.39 is 18.6 Å². The second-order valence-corrected chi connectivity index (χ2v) is 7.11. The van der Waals surface area contributed by atoms with Gasteiger partial charge in [0.15, 0.2) is 5.96 Å². The number of carbonyl (C=O) groups is 1. The molecule has 2 saturated carbocycles. The highest BCUT2D eigenvalue weighted by Crippen LogP contribution is 2.54. The molecule has 0 heterocycles. The minimum absolute atomic E-state index is 0.102. The number of nitrogens with zero attached hydrogens (tertiary/aromatic N) is 2. The lowest BCUT2D eigenvalue weighted by Gasteiger charge is -2.54. The molecule has 0 aromatic heterocycles. The Hall–Kier alpha value is -1.51. The van der Waals surface area contributed by atoms with Gasteiger partial charge in [-0.25, -0.2) is 0 Å². The predicted octanol–water partition coefficient (Wildman–Crippen LogP) is 1.91. The first-order valence-corrected chi connectivity index (χ1v) is 9.11. The number of nitrogens with one attached hydrogen (secondary N) is 2. The number of aliphatic imine (C=N–C) groups is 1. The number of hydrogen-bond donors (Lipinski definition) is 2. The molecule has 0 aromatic rings. The zero-order valence-corrected chi connectivity index (χ0v) is 15.7. The smallest absolute Gasteiger partial charge is 0.378 e. The van der Waals surface area contributed by atoms with E-state index in [1.54, 1.807) is 7.05 Å². The molecule has 0 aliphatic heterocycles. The number of alkyl halides is 3. The number of amides is 1. The Labute approximate surface area is 152 Å². The second-order valence-electron chi connectivity index (χ2n) is 7.11. The first kappa shape index (κ1) is 20.8. The van der Waals surface area contributed by atoms with Crippen LogP contribution in [0.15, 0.2) is 4.99 Å². The van der Waals surface area contributed by atoms with Crippen LogP contribution in [0, 0.1) is 5.41 Å². The summed E-state index contributed by atoms with van der Waals surface area (Å²) in [6.07, 6.45) is 1.25. The number of hydrogen-bond acceptors (Lipinski definition) is 3. The molecule has 1 spiro atoms. The normalized spacial score (nSPS) is 25.1. The van der Waals surface area contributed by atoms with Crippen molar-refractivity contribution in [3.05, 3.63) is 0 Å². The lowest BCUT2D eigenvalue weighted by molar-refractivity contribution is -0.157. The highest BCUT2D eigenvalue weighted by molar-refractivity contribution is 5.86. The Morgan fingerprint density at radius 3 is 2.54 bits per heavy atom. The van der Waals surface area contributed by atoms with Crippen LogP contribution in [0.5, 0.6) is 0 Å². The molecule has 2 aliphatic rings. The van der Waals surface area contributed by atoms with E-state index in [0.29, 0.717) is 17.5 Å². The summed E-state index contributed by atoms with van der Waals surface area (Å²) in [4.78, 5) is 16.6. The molecule has 0 saturated heterocycles. The van der Waals surface area contributed by atoms with Crippen LogP contribution in [0.4, 0.5) is 13.2 Å². The van der Waals surface area contributed by atoms with Crippen molar-refractivity contribution in [2.45, 2.75) is 57.3 Å². The Kier molecular flexibility index (Phi) is 6.76. The number of rotatable bonds is 6. The SMILES string of the molecule is CCOC1CC(NC(=NC)NCC(=O)N(C)CC(F)(F)F)C12CCCC2. The third kappa shape index (κ3) is 4.81. The maximum Gasteiger partial charge on any atom is 0.406 e. The van der Waals surface area contributed by atoms with Crippen molar-refractivity contribution in [3.63, 3.8) is 0 Å². The third-order valence-electron chi connectivity index (χ3n) is 5.47. The minimum atomic E-state index is -4.40. The van der Waals surface area contributed by atoms with Crippen LogP contribution in [0.1, 0.15) is 39.0 Å². The summed E-state index contributed by atoms with van der Waals surface area (Å²) in [6, 6.07) is 0.204. The molecule has 2 unspecified atom stereocenters. The van der Waals surface area contributed by atoms with Gasteiger partial charge in [-0.15, -0.1) is 0 Å². The quantitative estimate of drug-likeness (QED) is 0.547. The average Bonchev–Trinajstić information content (AvgIpc) is 3.07. The first-order chi connectivity index (χ1) is 12.2. The van der Waals surface area contributed by atoms with Crippen molar-refractivity contribution in [1.29, 1.82) is 0 Å². The standard InChI is InChI=1S/C17H29F3N4O2/c1-4-26-13-9-12(16(13)7-5-6-8-16)23-15(21-2)22-10-14(25)24(3)11-17(18,19)20/h12-13H,4-11H2,1-3H3,(H2,21,22,23). The largest absolute Gasteiger partial charge is 0.406 e. The fourth-order valence-electron chi connectivity index (χ4n) is 4.10. The molecule has 2 atom stereocenters. The number of halogens is 3. The van der Waals surface area contributed by atoms with Gasteiger partial charge < -0.3 is 20.3 Å². The van der Waals surface area contributed by atoms with Gasteiger partial charge in [-0.3, -0.25) is 9.79 Å². The van der Waals surface area contributed by atoms with Crippen molar-refractivity contribution < 1.29 is 22.7 Å². The molecule has 2 N–H and O–H groups in total. The molecule has 0 aromatic carbocycles. The van der Waals surface area contributed by atoms with Crippen molar-refractivity contribution >= 4 is 11.9 Å². The summed E-state index contributed by atoms with van der Waals surface area (Å²) in [6.45, 7) is 1.18. The Morgan fingerprint density at radius 1 is 1.35 bits per heavy atom.